The number of benzene rings is 2. The third kappa shape index (κ3) is 3.84. The van der Waals surface area contributed by atoms with Gasteiger partial charge in [-0.15, -0.1) is 0 Å². The number of halogens is 4. The molecule has 2 aromatic carbocycles. The average molecular weight is 471 g/mol. The first kappa shape index (κ1) is 16.0. The van der Waals surface area contributed by atoms with E-state index < -0.39 is 11.9 Å². The van der Waals surface area contributed by atoms with Gasteiger partial charge in [0.1, 0.15) is 24.3 Å². The Bertz CT molecular complexity index is 624. The van der Waals surface area contributed by atoms with E-state index in [9.17, 15) is 9.50 Å². The number of aliphatic hydroxyl groups excluding tert-OH is 1. The van der Waals surface area contributed by atoms with Gasteiger partial charge in [0.15, 0.2) is 0 Å². The van der Waals surface area contributed by atoms with E-state index >= 15 is 0 Å². The van der Waals surface area contributed by atoms with E-state index in [1.165, 1.54) is 18.2 Å². The van der Waals surface area contributed by atoms with Gasteiger partial charge in [0.2, 0.25) is 0 Å². The van der Waals surface area contributed by atoms with E-state index in [4.69, 9.17) is 16.3 Å². The molecule has 0 unspecified atom stereocenters. The second kappa shape index (κ2) is 7.06. The van der Waals surface area contributed by atoms with E-state index in [0.717, 1.165) is 8.04 Å². The molecule has 2 rings (SSSR count). The fourth-order valence-electron chi connectivity index (χ4n) is 1.63. The number of hydrogen-bond donors (Lipinski definition) is 1. The van der Waals surface area contributed by atoms with Crippen molar-refractivity contribution in [2.75, 3.05) is 6.61 Å². The van der Waals surface area contributed by atoms with E-state index in [2.05, 4.69) is 38.5 Å². The predicted molar refractivity (Wildman–Crippen MR) is 88.7 cm³/mol. The van der Waals surface area contributed by atoms with Crippen LogP contribution in [0.5, 0.6) is 5.75 Å². The molecular formula is C14H10BrClFIO2. The lowest BCUT2D eigenvalue weighted by molar-refractivity contribution is 0.104. The summed E-state index contributed by atoms with van der Waals surface area (Å²) in [7, 11) is 0. The normalized spacial score (nSPS) is 12.2. The topological polar surface area (TPSA) is 29.5 Å². The van der Waals surface area contributed by atoms with Crippen molar-refractivity contribution in [1.82, 2.24) is 0 Å². The largest absolute Gasteiger partial charge is 0.489 e. The summed E-state index contributed by atoms with van der Waals surface area (Å²) in [5, 5.41) is 10.3. The van der Waals surface area contributed by atoms with Crippen LogP contribution in [0, 0.1) is 9.39 Å². The lowest BCUT2D eigenvalue weighted by Gasteiger charge is -2.15. The highest BCUT2D eigenvalue weighted by molar-refractivity contribution is 14.1. The van der Waals surface area contributed by atoms with Gasteiger partial charge < -0.3 is 9.84 Å². The van der Waals surface area contributed by atoms with Gasteiger partial charge in [0.25, 0.3) is 0 Å². The summed E-state index contributed by atoms with van der Waals surface area (Å²) in [5.74, 6) is 0.0888. The second-order valence-electron chi connectivity index (χ2n) is 4.04. The summed E-state index contributed by atoms with van der Waals surface area (Å²) in [6.07, 6.45) is -1.05. The second-order valence-corrected chi connectivity index (χ2v) is 6.41. The van der Waals surface area contributed by atoms with E-state index in [-0.39, 0.29) is 12.2 Å². The Morgan fingerprint density at radius 2 is 2.10 bits per heavy atom. The lowest BCUT2D eigenvalue weighted by atomic mass is 10.1. The zero-order valence-electron chi connectivity index (χ0n) is 10.1. The molecule has 0 saturated heterocycles. The molecule has 0 bridgehead atoms. The van der Waals surface area contributed by atoms with Crippen LogP contribution in [0.2, 0.25) is 5.02 Å². The summed E-state index contributed by atoms with van der Waals surface area (Å²) in [6, 6.07) is 9.67. The third-order valence-corrected chi connectivity index (χ3v) is 5.38. The zero-order chi connectivity index (χ0) is 14.7. The van der Waals surface area contributed by atoms with Crippen molar-refractivity contribution in [3.63, 3.8) is 0 Å². The van der Waals surface area contributed by atoms with Gasteiger partial charge in [0.05, 0.1) is 3.57 Å². The highest BCUT2D eigenvalue weighted by Gasteiger charge is 2.15. The molecule has 1 atom stereocenters. The molecule has 0 heterocycles. The van der Waals surface area contributed by atoms with Gasteiger partial charge in [-0.2, -0.15) is 0 Å². The van der Waals surface area contributed by atoms with Crippen LogP contribution in [0.1, 0.15) is 11.7 Å². The molecule has 0 amide bonds. The Morgan fingerprint density at radius 3 is 2.80 bits per heavy atom. The van der Waals surface area contributed by atoms with E-state index in [0.29, 0.717) is 10.8 Å². The zero-order valence-corrected chi connectivity index (χ0v) is 14.6. The summed E-state index contributed by atoms with van der Waals surface area (Å²) in [4.78, 5) is 0. The summed E-state index contributed by atoms with van der Waals surface area (Å²) in [6.45, 7) is -0.0367. The monoisotopic (exact) mass is 470 g/mol. The maximum atomic E-state index is 13.7. The molecule has 0 radical (unpaired) electrons. The van der Waals surface area contributed by atoms with Crippen molar-refractivity contribution >= 4 is 50.1 Å². The molecule has 0 aromatic heterocycles. The lowest BCUT2D eigenvalue weighted by Crippen LogP contribution is -2.11. The van der Waals surface area contributed by atoms with Gasteiger partial charge >= 0.3 is 0 Å². The maximum Gasteiger partial charge on any atom is 0.133 e. The maximum absolute atomic E-state index is 13.7. The Hall–Kier alpha value is -0.370. The van der Waals surface area contributed by atoms with Crippen LogP contribution in [0.3, 0.4) is 0 Å². The minimum absolute atomic E-state index is 0.0367. The highest BCUT2D eigenvalue weighted by Crippen LogP contribution is 2.29. The molecular weight excluding hydrogens is 461 g/mol. The predicted octanol–water partition coefficient (Wildman–Crippen LogP) is 4.96. The van der Waals surface area contributed by atoms with E-state index in [1.807, 2.05) is 12.1 Å². The van der Waals surface area contributed by atoms with Gasteiger partial charge in [-0.05, 0) is 62.8 Å². The van der Waals surface area contributed by atoms with Crippen molar-refractivity contribution in [1.29, 1.82) is 0 Å². The Morgan fingerprint density at radius 1 is 1.35 bits per heavy atom. The van der Waals surface area contributed by atoms with Crippen LogP contribution in [-0.2, 0) is 0 Å². The quantitative estimate of drug-likeness (QED) is 0.639. The van der Waals surface area contributed by atoms with Crippen molar-refractivity contribution in [3.05, 3.63) is 60.8 Å². The molecule has 106 valence electrons. The number of ether oxygens (including phenoxy) is 1. The van der Waals surface area contributed by atoms with E-state index in [1.54, 1.807) is 6.07 Å². The minimum Gasteiger partial charge on any atom is -0.489 e. The van der Waals surface area contributed by atoms with Crippen molar-refractivity contribution in [2.24, 2.45) is 0 Å². The first-order chi connectivity index (χ1) is 9.49. The molecule has 0 aliphatic heterocycles. The number of hydrogen-bond acceptors (Lipinski definition) is 2. The smallest absolute Gasteiger partial charge is 0.133 e. The molecule has 0 spiro atoms. The van der Waals surface area contributed by atoms with Gasteiger partial charge in [-0.25, -0.2) is 4.39 Å². The minimum atomic E-state index is -1.05. The molecule has 0 saturated carbocycles. The molecule has 2 nitrogen and oxygen atoms in total. The van der Waals surface area contributed by atoms with Crippen LogP contribution in [0.25, 0.3) is 0 Å². The summed E-state index contributed by atoms with van der Waals surface area (Å²) < 4.78 is 21.0. The van der Waals surface area contributed by atoms with Gasteiger partial charge in [0, 0.05) is 15.1 Å². The summed E-state index contributed by atoms with van der Waals surface area (Å²) >= 11 is 11.2. The average Bonchev–Trinajstić information content (AvgIpc) is 2.40. The van der Waals surface area contributed by atoms with Crippen LogP contribution in [0.15, 0.2) is 40.9 Å². The molecule has 0 aliphatic rings. The Labute approximate surface area is 143 Å². The molecule has 20 heavy (non-hydrogen) atoms. The molecule has 2 aromatic rings. The standard InChI is InChI=1S/C14H10BrClFIO2/c15-10-2-1-3-13(14(10)18)20-7-12(19)9-5-4-8(16)6-11(9)17/h1-6,12,19H,7H2/t12-/m1/s1. The summed E-state index contributed by atoms with van der Waals surface area (Å²) in [5.41, 5.74) is 0.166. The highest BCUT2D eigenvalue weighted by atomic mass is 127. The van der Waals surface area contributed by atoms with Crippen molar-refractivity contribution < 1.29 is 14.2 Å². The fourth-order valence-corrected chi connectivity index (χ4v) is 2.65. The Kier molecular flexibility index (Phi) is 5.65. The molecule has 1 N–H and O–H groups in total. The molecule has 0 fully saturated rings. The van der Waals surface area contributed by atoms with Crippen LogP contribution in [-0.4, -0.2) is 11.7 Å². The van der Waals surface area contributed by atoms with Crippen molar-refractivity contribution in [2.45, 2.75) is 6.10 Å². The van der Waals surface area contributed by atoms with Crippen molar-refractivity contribution in [3.8, 4) is 5.75 Å². The Balaban J connectivity index is 2.08. The fraction of sp³-hybridized carbons (Fsp3) is 0.143. The van der Waals surface area contributed by atoms with Crippen LogP contribution >= 0.6 is 50.1 Å². The first-order valence-electron chi connectivity index (χ1n) is 5.69. The van der Waals surface area contributed by atoms with Crippen LogP contribution < -0.4 is 4.74 Å². The SMILES string of the molecule is O[C@H](COc1cccc(Br)c1I)c1ccc(Cl)cc1F. The van der Waals surface area contributed by atoms with Crippen LogP contribution in [0.4, 0.5) is 4.39 Å². The van der Waals surface area contributed by atoms with Gasteiger partial charge in [-0.3, -0.25) is 0 Å². The molecule has 6 heteroatoms. The van der Waals surface area contributed by atoms with Gasteiger partial charge in [-0.1, -0.05) is 23.7 Å². The number of aliphatic hydroxyl groups is 1. The number of rotatable bonds is 4. The molecule has 0 aliphatic carbocycles. The third-order valence-electron chi connectivity index (χ3n) is 2.63. The first-order valence-corrected chi connectivity index (χ1v) is 7.94.